The first-order valence-electron chi connectivity index (χ1n) is 5.91. The third-order valence-corrected chi connectivity index (χ3v) is 2.86. The number of fused-ring (bicyclic) bond motifs is 1. The quantitative estimate of drug-likeness (QED) is 0.614. The van der Waals surface area contributed by atoms with Gasteiger partial charge in [0.2, 0.25) is 0 Å². The van der Waals surface area contributed by atoms with Gasteiger partial charge >= 0.3 is 0 Å². The van der Waals surface area contributed by atoms with E-state index in [2.05, 4.69) is 5.32 Å². The third-order valence-electron chi connectivity index (χ3n) is 2.86. The van der Waals surface area contributed by atoms with Crippen LogP contribution in [-0.4, -0.2) is 36.3 Å². The van der Waals surface area contributed by atoms with E-state index in [4.69, 9.17) is 0 Å². The number of amides is 2. The van der Waals surface area contributed by atoms with Crippen molar-refractivity contribution in [2.24, 2.45) is 0 Å². The predicted molar refractivity (Wildman–Crippen MR) is 65.0 cm³/mol. The summed E-state index contributed by atoms with van der Waals surface area (Å²) >= 11 is 0. The Labute approximate surface area is 101 Å². The van der Waals surface area contributed by atoms with Crippen molar-refractivity contribution in [1.82, 2.24) is 10.2 Å². The first kappa shape index (κ1) is 11.8. The number of hydrogen-bond donors (Lipinski definition) is 1. The number of nitrogens with one attached hydrogen (secondary N) is 1. The van der Waals surface area contributed by atoms with Gasteiger partial charge in [0.25, 0.3) is 11.8 Å². The first-order chi connectivity index (χ1) is 8.25. The van der Waals surface area contributed by atoms with Gasteiger partial charge in [0.1, 0.15) is 0 Å². The maximum Gasteiger partial charge on any atom is 0.261 e. The molecule has 1 aliphatic rings. The third kappa shape index (κ3) is 2.22. The molecule has 0 saturated carbocycles. The van der Waals surface area contributed by atoms with Crippen molar-refractivity contribution in [3.63, 3.8) is 0 Å². The second-order valence-corrected chi connectivity index (χ2v) is 4.01. The standard InChI is InChI=1S/C13H16N2O2/c1-2-14-8-5-9-15-12(16)10-6-3-4-7-11(10)13(15)17/h3-4,6-7,14H,2,5,8-9H2,1H3. The minimum Gasteiger partial charge on any atom is -0.317 e. The highest BCUT2D eigenvalue weighted by Gasteiger charge is 2.34. The highest BCUT2D eigenvalue weighted by atomic mass is 16.2. The number of nitrogens with zero attached hydrogens (tertiary/aromatic N) is 1. The molecule has 2 rings (SSSR count). The van der Waals surface area contributed by atoms with Crippen LogP contribution in [0, 0.1) is 0 Å². The summed E-state index contributed by atoms with van der Waals surface area (Å²) in [6.07, 6.45) is 0.791. The maximum absolute atomic E-state index is 12.0. The second kappa shape index (κ2) is 5.10. The zero-order valence-electron chi connectivity index (χ0n) is 9.90. The summed E-state index contributed by atoms with van der Waals surface area (Å²) in [5, 5.41) is 3.17. The first-order valence-corrected chi connectivity index (χ1v) is 5.91. The Hall–Kier alpha value is -1.68. The van der Waals surface area contributed by atoms with Gasteiger partial charge < -0.3 is 5.32 Å². The van der Waals surface area contributed by atoms with Gasteiger partial charge in [-0.15, -0.1) is 0 Å². The van der Waals surface area contributed by atoms with E-state index in [9.17, 15) is 9.59 Å². The van der Waals surface area contributed by atoms with Gasteiger partial charge in [-0.05, 0) is 31.6 Å². The Balaban J connectivity index is 2.03. The summed E-state index contributed by atoms with van der Waals surface area (Å²) in [5.74, 6) is -0.329. The number of carbonyl (C=O) groups is 2. The van der Waals surface area contributed by atoms with E-state index >= 15 is 0 Å². The van der Waals surface area contributed by atoms with E-state index in [0.29, 0.717) is 17.7 Å². The fraction of sp³-hybridized carbons (Fsp3) is 0.385. The number of hydrogen-bond acceptors (Lipinski definition) is 3. The fourth-order valence-electron chi connectivity index (χ4n) is 1.98. The molecule has 4 heteroatoms. The Morgan fingerprint density at radius 1 is 1.12 bits per heavy atom. The molecule has 0 spiro atoms. The fourth-order valence-corrected chi connectivity index (χ4v) is 1.98. The zero-order chi connectivity index (χ0) is 12.3. The van der Waals surface area contributed by atoms with Crippen LogP contribution in [0.4, 0.5) is 0 Å². The van der Waals surface area contributed by atoms with Crippen LogP contribution in [0.1, 0.15) is 34.1 Å². The van der Waals surface area contributed by atoms with E-state index in [0.717, 1.165) is 19.5 Å². The van der Waals surface area contributed by atoms with E-state index in [1.165, 1.54) is 4.90 Å². The smallest absolute Gasteiger partial charge is 0.261 e. The van der Waals surface area contributed by atoms with Crippen LogP contribution in [0.5, 0.6) is 0 Å². The van der Waals surface area contributed by atoms with Crippen LogP contribution in [0.2, 0.25) is 0 Å². The molecule has 1 aromatic rings. The molecular weight excluding hydrogens is 216 g/mol. The van der Waals surface area contributed by atoms with Crippen LogP contribution in [0.25, 0.3) is 0 Å². The molecule has 1 aromatic carbocycles. The van der Waals surface area contributed by atoms with Crippen molar-refractivity contribution in [3.8, 4) is 0 Å². The Morgan fingerprint density at radius 3 is 2.24 bits per heavy atom. The maximum atomic E-state index is 12.0. The highest BCUT2D eigenvalue weighted by Crippen LogP contribution is 2.22. The predicted octanol–water partition coefficient (Wildman–Crippen LogP) is 1.28. The molecule has 1 aliphatic heterocycles. The zero-order valence-corrected chi connectivity index (χ0v) is 9.90. The molecule has 0 aromatic heterocycles. The van der Waals surface area contributed by atoms with Gasteiger partial charge in [0.05, 0.1) is 11.1 Å². The molecule has 0 radical (unpaired) electrons. The Kier molecular flexibility index (Phi) is 3.54. The molecule has 0 saturated heterocycles. The molecule has 0 aliphatic carbocycles. The lowest BCUT2D eigenvalue weighted by atomic mass is 10.1. The molecule has 90 valence electrons. The topological polar surface area (TPSA) is 49.4 Å². The van der Waals surface area contributed by atoms with Crippen molar-refractivity contribution in [1.29, 1.82) is 0 Å². The monoisotopic (exact) mass is 232 g/mol. The number of benzene rings is 1. The molecule has 1 heterocycles. The minimum atomic E-state index is -0.165. The average Bonchev–Trinajstić information content (AvgIpc) is 2.60. The largest absolute Gasteiger partial charge is 0.317 e. The van der Waals surface area contributed by atoms with Crippen molar-refractivity contribution in [2.75, 3.05) is 19.6 Å². The van der Waals surface area contributed by atoms with Crippen molar-refractivity contribution in [2.45, 2.75) is 13.3 Å². The molecule has 2 amide bonds. The van der Waals surface area contributed by atoms with Gasteiger partial charge in [-0.25, -0.2) is 0 Å². The van der Waals surface area contributed by atoms with Crippen LogP contribution in [0.15, 0.2) is 24.3 Å². The Bertz CT molecular complexity index is 408. The van der Waals surface area contributed by atoms with Gasteiger partial charge in [0, 0.05) is 6.54 Å². The lowest BCUT2D eigenvalue weighted by Crippen LogP contribution is -2.32. The van der Waals surface area contributed by atoms with Gasteiger partial charge in [-0.3, -0.25) is 14.5 Å². The molecule has 4 nitrogen and oxygen atoms in total. The summed E-state index contributed by atoms with van der Waals surface area (Å²) in [7, 11) is 0. The summed E-state index contributed by atoms with van der Waals surface area (Å²) in [6, 6.07) is 6.98. The van der Waals surface area contributed by atoms with Crippen molar-refractivity contribution >= 4 is 11.8 Å². The summed E-state index contributed by atoms with van der Waals surface area (Å²) in [4.78, 5) is 25.2. The SMILES string of the molecule is CCNCCCN1C(=O)c2ccccc2C1=O. The molecule has 0 unspecified atom stereocenters. The molecule has 0 atom stereocenters. The highest BCUT2D eigenvalue weighted by molar-refractivity contribution is 6.21. The van der Waals surface area contributed by atoms with Crippen LogP contribution in [-0.2, 0) is 0 Å². The van der Waals surface area contributed by atoms with Gasteiger partial charge in [-0.2, -0.15) is 0 Å². The van der Waals surface area contributed by atoms with Crippen LogP contribution < -0.4 is 5.32 Å². The summed E-state index contributed by atoms with van der Waals surface area (Å²) in [5.41, 5.74) is 1.06. The lowest BCUT2D eigenvalue weighted by molar-refractivity contribution is 0.0653. The lowest BCUT2D eigenvalue weighted by Gasteiger charge is -2.13. The number of imide groups is 1. The molecule has 17 heavy (non-hydrogen) atoms. The van der Waals surface area contributed by atoms with Gasteiger partial charge in [-0.1, -0.05) is 19.1 Å². The summed E-state index contributed by atoms with van der Waals surface area (Å²) < 4.78 is 0. The van der Waals surface area contributed by atoms with Gasteiger partial charge in [0.15, 0.2) is 0 Å². The molecule has 0 bridgehead atoms. The van der Waals surface area contributed by atoms with Crippen LogP contribution in [0.3, 0.4) is 0 Å². The Morgan fingerprint density at radius 2 is 1.71 bits per heavy atom. The number of carbonyl (C=O) groups excluding carboxylic acids is 2. The summed E-state index contributed by atoms with van der Waals surface area (Å²) in [6.45, 7) is 4.24. The number of rotatable bonds is 5. The average molecular weight is 232 g/mol. The van der Waals surface area contributed by atoms with E-state index in [1.807, 2.05) is 6.92 Å². The van der Waals surface area contributed by atoms with Crippen molar-refractivity contribution in [3.05, 3.63) is 35.4 Å². The second-order valence-electron chi connectivity index (χ2n) is 4.01. The van der Waals surface area contributed by atoms with E-state index < -0.39 is 0 Å². The minimum absolute atomic E-state index is 0.165. The van der Waals surface area contributed by atoms with Crippen molar-refractivity contribution < 1.29 is 9.59 Å². The molecule has 1 N–H and O–H groups in total. The molecular formula is C13H16N2O2. The van der Waals surface area contributed by atoms with E-state index in [-0.39, 0.29) is 11.8 Å². The normalized spacial score (nSPS) is 14.3. The van der Waals surface area contributed by atoms with Crippen LogP contribution >= 0.6 is 0 Å². The van der Waals surface area contributed by atoms with E-state index in [1.54, 1.807) is 24.3 Å². The molecule has 0 fully saturated rings.